The van der Waals surface area contributed by atoms with Gasteiger partial charge in [0.25, 0.3) is 0 Å². The SMILES string of the molecule is CC(C)(C)c1cnc(CCSc2cnc(NC(=O)[C@H]3CCCNC3)s2)o1. The smallest absolute Gasteiger partial charge is 0.230 e. The van der Waals surface area contributed by atoms with Crippen molar-refractivity contribution in [3.63, 3.8) is 0 Å². The molecule has 1 atom stereocenters. The molecule has 0 aromatic carbocycles. The minimum absolute atomic E-state index is 0.0168. The average molecular weight is 395 g/mol. The minimum Gasteiger partial charge on any atom is -0.445 e. The largest absolute Gasteiger partial charge is 0.445 e. The van der Waals surface area contributed by atoms with Gasteiger partial charge in [-0.2, -0.15) is 0 Å². The molecule has 1 amide bonds. The number of aryl methyl sites for hydroxylation is 1. The Morgan fingerprint density at radius 1 is 1.42 bits per heavy atom. The van der Waals surface area contributed by atoms with E-state index >= 15 is 0 Å². The Hall–Kier alpha value is -1.38. The molecule has 3 heterocycles. The zero-order valence-corrected chi connectivity index (χ0v) is 17.1. The molecule has 0 saturated carbocycles. The third kappa shape index (κ3) is 5.31. The quantitative estimate of drug-likeness (QED) is 0.727. The first-order valence-electron chi connectivity index (χ1n) is 8.97. The third-order valence-electron chi connectivity index (χ3n) is 4.24. The number of hydrogen-bond donors (Lipinski definition) is 2. The Morgan fingerprint density at radius 2 is 2.27 bits per heavy atom. The molecule has 26 heavy (non-hydrogen) atoms. The van der Waals surface area contributed by atoms with E-state index in [0.29, 0.717) is 5.13 Å². The average Bonchev–Trinajstić information content (AvgIpc) is 3.25. The number of amides is 1. The fourth-order valence-electron chi connectivity index (χ4n) is 2.68. The van der Waals surface area contributed by atoms with Crippen molar-refractivity contribution in [2.45, 2.75) is 49.7 Å². The number of anilines is 1. The van der Waals surface area contributed by atoms with Crippen molar-refractivity contribution >= 4 is 34.1 Å². The van der Waals surface area contributed by atoms with E-state index in [2.05, 4.69) is 41.4 Å². The fraction of sp³-hybridized carbons (Fsp3) is 0.611. The number of carbonyl (C=O) groups excluding carboxylic acids is 1. The predicted molar refractivity (Wildman–Crippen MR) is 106 cm³/mol. The summed E-state index contributed by atoms with van der Waals surface area (Å²) in [7, 11) is 0. The predicted octanol–water partition coefficient (Wildman–Crippen LogP) is 3.70. The number of hydrogen-bond acceptors (Lipinski definition) is 7. The molecule has 8 heteroatoms. The van der Waals surface area contributed by atoms with Gasteiger partial charge < -0.3 is 15.1 Å². The minimum atomic E-state index is -0.0168. The van der Waals surface area contributed by atoms with Crippen LogP contribution in [-0.2, 0) is 16.6 Å². The summed E-state index contributed by atoms with van der Waals surface area (Å²) in [5.41, 5.74) is -0.0168. The first-order chi connectivity index (χ1) is 12.4. The zero-order chi connectivity index (χ0) is 18.6. The lowest BCUT2D eigenvalue weighted by molar-refractivity contribution is -0.120. The number of thioether (sulfide) groups is 1. The van der Waals surface area contributed by atoms with E-state index in [9.17, 15) is 4.79 Å². The number of thiazole rings is 1. The van der Waals surface area contributed by atoms with Crippen LogP contribution < -0.4 is 10.6 Å². The zero-order valence-electron chi connectivity index (χ0n) is 15.5. The van der Waals surface area contributed by atoms with Gasteiger partial charge in [0.1, 0.15) is 5.76 Å². The molecule has 3 rings (SSSR count). The van der Waals surface area contributed by atoms with Gasteiger partial charge in [-0.25, -0.2) is 9.97 Å². The molecule has 6 nitrogen and oxygen atoms in total. The lowest BCUT2D eigenvalue weighted by atomic mass is 9.94. The Kier molecular flexibility index (Phi) is 6.37. The molecule has 1 aliphatic heterocycles. The Morgan fingerprint density at radius 3 is 2.96 bits per heavy atom. The normalized spacial score (nSPS) is 18.0. The Balaban J connectivity index is 1.45. The number of piperidine rings is 1. The van der Waals surface area contributed by atoms with Crippen molar-refractivity contribution in [3.8, 4) is 0 Å². The standard InChI is InChI=1S/C18H26N4O2S2/c1-18(2,3)13-10-20-14(24-13)6-8-25-15-11-21-17(26-15)22-16(23)12-5-4-7-19-9-12/h10-12,19H,4-9H2,1-3H3,(H,21,22,23)/t12-/m0/s1. The number of nitrogens with one attached hydrogen (secondary N) is 2. The number of nitrogens with zero attached hydrogens (tertiary/aromatic N) is 2. The fourth-order valence-corrected chi connectivity index (χ4v) is 4.56. The summed E-state index contributed by atoms with van der Waals surface area (Å²) in [5.74, 6) is 2.66. The first kappa shape index (κ1) is 19.4. The van der Waals surface area contributed by atoms with Crippen molar-refractivity contribution < 1.29 is 9.21 Å². The molecule has 2 aromatic rings. The van der Waals surface area contributed by atoms with E-state index < -0.39 is 0 Å². The van der Waals surface area contributed by atoms with Crippen LogP contribution >= 0.6 is 23.1 Å². The Labute approximate surface area is 162 Å². The highest BCUT2D eigenvalue weighted by Crippen LogP contribution is 2.30. The molecule has 0 aliphatic carbocycles. The summed E-state index contributed by atoms with van der Waals surface area (Å²) in [6.07, 6.45) is 6.40. The van der Waals surface area contributed by atoms with Crippen LogP contribution in [-0.4, -0.2) is 34.7 Å². The van der Waals surface area contributed by atoms with E-state index in [0.717, 1.165) is 54.0 Å². The molecule has 0 unspecified atom stereocenters. The van der Waals surface area contributed by atoms with Crippen molar-refractivity contribution in [2.24, 2.45) is 5.92 Å². The molecular formula is C18H26N4O2S2. The highest BCUT2D eigenvalue weighted by Gasteiger charge is 2.22. The second-order valence-corrected chi connectivity index (χ2v) is 9.91. The topological polar surface area (TPSA) is 80.0 Å². The van der Waals surface area contributed by atoms with Gasteiger partial charge in [-0.05, 0) is 19.4 Å². The lowest BCUT2D eigenvalue weighted by Crippen LogP contribution is -2.37. The van der Waals surface area contributed by atoms with Gasteiger partial charge in [-0.15, -0.1) is 11.8 Å². The second-order valence-electron chi connectivity index (χ2n) is 7.48. The van der Waals surface area contributed by atoms with E-state index in [4.69, 9.17) is 4.42 Å². The van der Waals surface area contributed by atoms with E-state index in [-0.39, 0.29) is 17.2 Å². The van der Waals surface area contributed by atoms with Gasteiger partial charge in [0.2, 0.25) is 5.91 Å². The number of carbonyl (C=O) groups is 1. The van der Waals surface area contributed by atoms with E-state index in [1.54, 1.807) is 11.8 Å². The molecule has 142 valence electrons. The van der Waals surface area contributed by atoms with E-state index in [1.807, 2.05) is 12.4 Å². The molecule has 1 fully saturated rings. The van der Waals surface area contributed by atoms with Crippen molar-refractivity contribution in [1.82, 2.24) is 15.3 Å². The molecule has 2 N–H and O–H groups in total. The summed E-state index contributed by atoms with van der Waals surface area (Å²) in [5, 5.41) is 6.88. The third-order valence-corrected chi connectivity index (χ3v) is 6.34. The second kappa shape index (κ2) is 8.54. The summed E-state index contributed by atoms with van der Waals surface area (Å²) in [6, 6.07) is 0. The molecule has 0 bridgehead atoms. The molecular weight excluding hydrogens is 368 g/mol. The van der Waals surface area contributed by atoms with Crippen LogP contribution in [0, 0.1) is 5.92 Å². The van der Waals surface area contributed by atoms with Crippen LogP contribution in [0.3, 0.4) is 0 Å². The molecule has 0 spiro atoms. The molecule has 2 aromatic heterocycles. The van der Waals surface area contributed by atoms with Gasteiger partial charge >= 0.3 is 0 Å². The maximum absolute atomic E-state index is 12.2. The van der Waals surface area contributed by atoms with Gasteiger partial charge in [-0.1, -0.05) is 32.1 Å². The number of aromatic nitrogens is 2. The van der Waals surface area contributed by atoms with Crippen LogP contribution in [0.25, 0.3) is 0 Å². The molecule has 1 saturated heterocycles. The van der Waals surface area contributed by atoms with Gasteiger partial charge in [0.15, 0.2) is 11.0 Å². The maximum atomic E-state index is 12.2. The van der Waals surface area contributed by atoms with Crippen molar-refractivity contribution in [2.75, 3.05) is 24.2 Å². The van der Waals surface area contributed by atoms with Crippen LogP contribution in [0.1, 0.15) is 45.3 Å². The van der Waals surface area contributed by atoms with Gasteiger partial charge in [-0.3, -0.25) is 4.79 Å². The van der Waals surface area contributed by atoms with Crippen molar-refractivity contribution in [1.29, 1.82) is 0 Å². The molecule has 1 aliphatic rings. The van der Waals surface area contributed by atoms with Crippen LogP contribution in [0.5, 0.6) is 0 Å². The monoisotopic (exact) mass is 394 g/mol. The summed E-state index contributed by atoms with van der Waals surface area (Å²) in [4.78, 5) is 20.9. The maximum Gasteiger partial charge on any atom is 0.230 e. The lowest BCUT2D eigenvalue weighted by Gasteiger charge is -2.21. The van der Waals surface area contributed by atoms with Crippen LogP contribution in [0.4, 0.5) is 5.13 Å². The number of oxazole rings is 1. The summed E-state index contributed by atoms with van der Waals surface area (Å²) >= 11 is 3.23. The van der Waals surface area contributed by atoms with Gasteiger partial charge in [0.05, 0.1) is 22.5 Å². The Bertz CT molecular complexity index is 730. The highest BCUT2D eigenvalue weighted by atomic mass is 32.2. The first-order valence-corrected chi connectivity index (χ1v) is 10.8. The van der Waals surface area contributed by atoms with Crippen LogP contribution in [0.2, 0.25) is 0 Å². The van der Waals surface area contributed by atoms with Crippen LogP contribution in [0.15, 0.2) is 21.0 Å². The summed E-state index contributed by atoms with van der Waals surface area (Å²) < 4.78 is 6.90. The number of rotatable bonds is 6. The molecule has 0 radical (unpaired) electrons. The highest BCUT2D eigenvalue weighted by molar-refractivity contribution is 8.01. The van der Waals surface area contributed by atoms with Gasteiger partial charge in [0, 0.05) is 24.1 Å². The summed E-state index contributed by atoms with van der Waals surface area (Å²) in [6.45, 7) is 8.10. The van der Waals surface area contributed by atoms with Crippen molar-refractivity contribution in [3.05, 3.63) is 24.0 Å². The van der Waals surface area contributed by atoms with E-state index in [1.165, 1.54) is 11.3 Å².